The molecule has 1 saturated heterocycles. The minimum atomic E-state index is 0.180. The fraction of sp³-hybridized carbons (Fsp3) is 0.312. The summed E-state index contributed by atoms with van der Waals surface area (Å²) in [6.45, 7) is 5.97. The number of aliphatic imine (C=N–C) groups is 1. The molecular formula is C32H35N3O5. The van der Waals surface area contributed by atoms with Crippen molar-refractivity contribution in [3.05, 3.63) is 89.5 Å². The summed E-state index contributed by atoms with van der Waals surface area (Å²) < 4.78 is 22.5. The van der Waals surface area contributed by atoms with E-state index in [0.29, 0.717) is 64.0 Å². The molecule has 0 atom stereocenters. The summed E-state index contributed by atoms with van der Waals surface area (Å²) in [6, 6.07) is 24.9. The van der Waals surface area contributed by atoms with Gasteiger partial charge in [-0.3, -0.25) is 4.99 Å². The molecule has 1 fully saturated rings. The van der Waals surface area contributed by atoms with E-state index in [1.54, 1.807) is 24.4 Å². The molecule has 40 heavy (non-hydrogen) atoms. The van der Waals surface area contributed by atoms with Crippen LogP contribution in [0.3, 0.4) is 0 Å². The van der Waals surface area contributed by atoms with Gasteiger partial charge in [0.25, 0.3) is 0 Å². The van der Waals surface area contributed by atoms with Gasteiger partial charge < -0.3 is 29.0 Å². The Morgan fingerprint density at radius 1 is 0.750 bits per heavy atom. The minimum absolute atomic E-state index is 0.180. The van der Waals surface area contributed by atoms with E-state index in [1.807, 2.05) is 48.5 Å². The van der Waals surface area contributed by atoms with Gasteiger partial charge in [-0.05, 0) is 53.6 Å². The van der Waals surface area contributed by atoms with Crippen LogP contribution in [0.4, 0.5) is 11.4 Å². The van der Waals surface area contributed by atoms with Crippen LogP contribution in [-0.4, -0.2) is 77.3 Å². The molecule has 8 heteroatoms. The summed E-state index contributed by atoms with van der Waals surface area (Å²) >= 11 is 0. The number of ether oxygens (including phenoxy) is 4. The number of hydrogen-bond acceptors (Lipinski definition) is 8. The van der Waals surface area contributed by atoms with Crippen LogP contribution in [0.5, 0.6) is 5.75 Å². The van der Waals surface area contributed by atoms with Crippen molar-refractivity contribution in [2.75, 3.05) is 70.8 Å². The lowest BCUT2D eigenvalue weighted by molar-refractivity contribution is 0.00206. The molecule has 0 amide bonds. The molecule has 0 bridgehead atoms. The number of anilines is 1. The third-order valence-electron chi connectivity index (χ3n) is 6.28. The molecule has 1 aliphatic heterocycles. The van der Waals surface area contributed by atoms with Crippen LogP contribution in [0, 0.1) is 11.3 Å². The van der Waals surface area contributed by atoms with Crippen molar-refractivity contribution in [1.29, 1.82) is 5.26 Å². The molecule has 3 aromatic rings. The topological polar surface area (TPSA) is 96.5 Å². The van der Waals surface area contributed by atoms with Gasteiger partial charge in [0.1, 0.15) is 5.75 Å². The van der Waals surface area contributed by atoms with E-state index in [1.165, 1.54) is 0 Å². The van der Waals surface area contributed by atoms with Gasteiger partial charge in [-0.1, -0.05) is 36.4 Å². The van der Waals surface area contributed by atoms with E-state index in [-0.39, 0.29) is 5.75 Å². The molecule has 4 rings (SSSR count). The normalized spacial score (nSPS) is 16.7. The predicted octanol–water partition coefficient (Wildman–Crippen LogP) is 5.09. The lowest BCUT2D eigenvalue weighted by Crippen LogP contribution is -2.31. The van der Waals surface area contributed by atoms with E-state index >= 15 is 0 Å². The molecule has 0 radical (unpaired) electrons. The summed E-state index contributed by atoms with van der Waals surface area (Å²) in [5.74, 6) is 0.180. The van der Waals surface area contributed by atoms with Crippen LogP contribution in [0.2, 0.25) is 0 Å². The molecule has 208 valence electrons. The SMILES string of the molecule is N#C/C(=C\c1ccc(N2CCOCCOCCOCCOCC2)cc1)c1ccc(N=Cc2ccccc2O)cc1. The molecular weight excluding hydrogens is 506 g/mol. The maximum absolute atomic E-state index is 9.90. The van der Waals surface area contributed by atoms with Crippen molar-refractivity contribution in [2.24, 2.45) is 4.99 Å². The molecule has 1 heterocycles. The van der Waals surface area contributed by atoms with Crippen LogP contribution >= 0.6 is 0 Å². The number of phenols is 1. The number of para-hydroxylation sites is 1. The van der Waals surface area contributed by atoms with Crippen LogP contribution in [-0.2, 0) is 18.9 Å². The third-order valence-corrected chi connectivity index (χ3v) is 6.28. The van der Waals surface area contributed by atoms with Crippen molar-refractivity contribution in [1.82, 2.24) is 0 Å². The number of aromatic hydroxyl groups is 1. The van der Waals surface area contributed by atoms with Gasteiger partial charge in [-0.25, -0.2) is 0 Å². The van der Waals surface area contributed by atoms with Gasteiger partial charge in [0, 0.05) is 30.6 Å². The molecule has 1 aliphatic rings. The number of benzene rings is 3. The van der Waals surface area contributed by atoms with Gasteiger partial charge in [0.15, 0.2) is 0 Å². The quantitative estimate of drug-likeness (QED) is 0.273. The smallest absolute Gasteiger partial charge is 0.124 e. The fourth-order valence-electron chi connectivity index (χ4n) is 4.08. The Bertz CT molecular complexity index is 1270. The highest BCUT2D eigenvalue weighted by Crippen LogP contribution is 2.23. The standard InChI is InChI=1S/C32H35N3O5/c33-24-29(27-7-9-30(10-8-27)34-25-28-3-1-2-4-32(28)36)23-26-5-11-31(12-6-26)35-13-15-37-17-19-39-21-22-40-20-18-38-16-14-35/h1-12,23,25,36H,13-22H2/b29-23+,34-25?. The average molecular weight is 542 g/mol. The first kappa shape index (κ1) is 29.0. The first-order valence-electron chi connectivity index (χ1n) is 13.4. The second-order valence-electron chi connectivity index (χ2n) is 9.06. The number of nitrogens with zero attached hydrogens (tertiary/aromatic N) is 3. The Labute approximate surface area is 235 Å². The summed E-state index contributed by atoms with van der Waals surface area (Å²) in [6.07, 6.45) is 3.50. The Balaban J connectivity index is 1.40. The Morgan fingerprint density at radius 2 is 1.32 bits per heavy atom. The highest BCUT2D eigenvalue weighted by atomic mass is 16.6. The molecule has 0 spiro atoms. The number of nitriles is 1. The van der Waals surface area contributed by atoms with Crippen molar-refractivity contribution in [2.45, 2.75) is 0 Å². The van der Waals surface area contributed by atoms with E-state index < -0.39 is 0 Å². The lowest BCUT2D eigenvalue weighted by atomic mass is 10.0. The third kappa shape index (κ3) is 9.33. The Morgan fingerprint density at radius 3 is 1.90 bits per heavy atom. The number of phenolic OH excluding ortho intramolecular Hbond substituents is 1. The van der Waals surface area contributed by atoms with Crippen molar-refractivity contribution in [3.8, 4) is 11.8 Å². The fourth-order valence-corrected chi connectivity index (χ4v) is 4.08. The number of rotatable bonds is 5. The van der Waals surface area contributed by atoms with Crippen molar-refractivity contribution >= 4 is 29.2 Å². The molecule has 0 saturated carbocycles. The molecule has 1 N–H and O–H groups in total. The van der Waals surface area contributed by atoms with E-state index in [2.05, 4.69) is 28.1 Å². The zero-order valence-corrected chi connectivity index (χ0v) is 22.6. The largest absolute Gasteiger partial charge is 0.507 e. The maximum atomic E-state index is 9.90. The first-order chi connectivity index (χ1) is 19.7. The van der Waals surface area contributed by atoms with Crippen LogP contribution in [0.15, 0.2) is 77.8 Å². The summed E-state index contributed by atoms with van der Waals surface area (Å²) in [7, 11) is 0. The number of allylic oxidation sites excluding steroid dienone is 1. The van der Waals surface area contributed by atoms with Gasteiger partial charge in [0.05, 0.1) is 70.2 Å². The Kier molecular flexibility index (Phi) is 11.7. The average Bonchev–Trinajstić information content (AvgIpc) is 3.00. The summed E-state index contributed by atoms with van der Waals surface area (Å²) in [5, 5.41) is 19.7. The molecule has 0 unspecified atom stereocenters. The van der Waals surface area contributed by atoms with Crippen LogP contribution < -0.4 is 4.90 Å². The van der Waals surface area contributed by atoms with E-state index in [0.717, 1.165) is 35.6 Å². The van der Waals surface area contributed by atoms with Crippen molar-refractivity contribution in [3.63, 3.8) is 0 Å². The van der Waals surface area contributed by atoms with Crippen LogP contribution in [0.25, 0.3) is 11.6 Å². The van der Waals surface area contributed by atoms with Gasteiger partial charge in [-0.2, -0.15) is 5.26 Å². The second-order valence-corrected chi connectivity index (χ2v) is 9.06. The second kappa shape index (κ2) is 16.2. The summed E-state index contributed by atoms with van der Waals surface area (Å²) in [5.41, 5.74) is 4.74. The molecule has 8 nitrogen and oxygen atoms in total. The monoisotopic (exact) mass is 541 g/mol. The highest BCUT2D eigenvalue weighted by Gasteiger charge is 2.08. The minimum Gasteiger partial charge on any atom is -0.507 e. The zero-order valence-electron chi connectivity index (χ0n) is 22.6. The van der Waals surface area contributed by atoms with E-state index in [9.17, 15) is 10.4 Å². The molecule has 0 aliphatic carbocycles. The lowest BCUT2D eigenvalue weighted by Gasteiger charge is -2.25. The first-order valence-corrected chi connectivity index (χ1v) is 13.4. The summed E-state index contributed by atoms with van der Waals surface area (Å²) in [4.78, 5) is 6.66. The van der Waals surface area contributed by atoms with Gasteiger partial charge in [-0.15, -0.1) is 0 Å². The van der Waals surface area contributed by atoms with E-state index in [4.69, 9.17) is 18.9 Å². The zero-order chi connectivity index (χ0) is 27.8. The predicted molar refractivity (Wildman–Crippen MR) is 157 cm³/mol. The Hall–Kier alpha value is -4.00. The molecule has 0 aromatic heterocycles. The van der Waals surface area contributed by atoms with Gasteiger partial charge in [0.2, 0.25) is 0 Å². The van der Waals surface area contributed by atoms with Gasteiger partial charge >= 0.3 is 0 Å². The van der Waals surface area contributed by atoms with Crippen LogP contribution in [0.1, 0.15) is 16.7 Å². The van der Waals surface area contributed by atoms with Crippen molar-refractivity contribution < 1.29 is 24.1 Å². The number of hydrogen-bond donors (Lipinski definition) is 1. The molecule has 3 aromatic carbocycles. The maximum Gasteiger partial charge on any atom is 0.124 e. The highest BCUT2D eigenvalue weighted by molar-refractivity contribution is 5.90.